The molecule has 0 aromatic carbocycles. The Balaban J connectivity index is 3.78. The third-order valence-corrected chi connectivity index (χ3v) is 4.03. The Hall–Kier alpha value is -0.660. The monoisotopic (exact) mass is 279 g/mol. The van der Waals surface area contributed by atoms with Gasteiger partial charge in [0.05, 0.1) is 5.75 Å². The van der Waals surface area contributed by atoms with E-state index in [9.17, 15) is 13.2 Å². The van der Waals surface area contributed by atoms with E-state index in [1.807, 2.05) is 13.8 Å². The molecule has 0 heterocycles. The second-order valence-electron chi connectivity index (χ2n) is 4.34. The highest BCUT2D eigenvalue weighted by atomic mass is 32.2. The number of sulfonamides is 1. The second-order valence-corrected chi connectivity index (χ2v) is 6.26. The van der Waals surface area contributed by atoms with E-state index >= 15 is 0 Å². The first-order chi connectivity index (χ1) is 8.41. The molecule has 0 aliphatic rings. The molecule has 0 aromatic heterocycles. The molecular formula is C11H25N3O3S. The van der Waals surface area contributed by atoms with Gasteiger partial charge in [-0.25, -0.2) is 13.1 Å². The summed E-state index contributed by atoms with van der Waals surface area (Å²) < 4.78 is 25.4. The van der Waals surface area contributed by atoms with E-state index in [1.165, 1.54) is 0 Å². The fourth-order valence-corrected chi connectivity index (χ4v) is 2.42. The summed E-state index contributed by atoms with van der Waals surface area (Å²) in [5.41, 5.74) is 5.29. The first kappa shape index (κ1) is 17.3. The molecule has 0 radical (unpaired) electrons. The van der Waals surface area contributed by atoms with Crippen LogP contribution in [0, 0.1) is 0 Å². The van der Waals surface area contributed by atoms with Crippen LogP contribution in [0.4, 0.5) is 0 Å². The molecule has 0 rings (SSSR count). The van der Waals surface area contributed by atoms with Crippen molar-refractivity contribution in [2.45, 2.75) is 45.6 Å². The van der Waals surface area contributed by atoms with Gasteiger partial charge >= 0.3 is 0 Å². The highest BCUT2D eigenvalue weighted by Gasteiger charge is 2.11. The minimum absolute atomic E-state index is 0.0666. The van der Waals surface area contributed by atoms with Crippen molar-refractivity contribution in [3.05, 3.63) is 0 Å². The van der Waals surface area contributed by atoms with Gasteiger partial charge in [-0.3, -0.25) is 4.79 Å². The van der Waals surface area contributed by atoms with Crippen LogP contribution in [0.1, 0.15) is 39.5 Å². The van der Waals surface area contributed by atoms with Crippen molar-refractivity contribution >= 4 is 15.9 Å². The molecule has 0 spiro atoms. The van der Waals surface area contributed by atoms with E-state index < -0.39 is 10.0 Å². The predicted octanol–water partition coefficient (Wildman–Crippen LogP) is -0.0505. The molecule has 6 nitrogen and oxygen atoms in total. The number of hydrogen-bond donors (Lipinski definition) is 3. The maximum atomic E-state index is 11.5. The lowest BCUT2D eigenvalue weighted by Crippen LogP contribution is -2.35. The molecule has 0 saturated carbocycles. The number of carbonyl (C=O) groups is 1. The largest absolute Gasteiger partial charge is 0.354 e. The van der Waals surface area contributed by atoms with Crippen LogP contribution in [0.15, 0.2) is 0 Å². The average molecular weight is 279 g/mol. The summed E-state index contributed by atoms with van der Waals surface area (Å²) in [5, 5.41) is 2.78. The third-order valence-electron chi connectivity index (χ3n) is 2.56. The standard InChI is InChI=1S/C11H25N3O3S/c1-3-10(2)14-11(15)6-8-13-18(16,17)9-5-4-7-12/h10,13H,3-9,12H2,1-2H3,(H,14,15). The summed E-state index contributed by atoms with van der Waals surface area (Å²) in [5.74, 6) is -0.0639. The molecule has 0 bridgehead atoms. The van der Waals surface area contributed by atoms with Crippen molar-refractivity contribution in [1.82, 2.24) is 10.0 Å². The topological polar surface area (TPSA) is 101 Å². The van der Waals surface area contributed by atoms with E-state index in [2.05, 4.69) is 10.0 Å². The van der Waals surface area contributed by atoms with Crippen LogP contribution in [-0.4, -0.2) is 39.2 Å². The normalized spacial score (nSPS) is 13.3. The van der Waals surface area contributed by atoms with Crippen molar-refractivity contribution in [1.29, 1.82) is 0 Å². The SMILES string of the molecule is CCC(C)NC(=O)CCNS(=O)(=O)CCCCN. The van der Waals surface area contributed by atoms with Gasteiger partial charge in [-0.15, -0.1) is 0 Å². The van der Waals surface area contributed by atoms with Gasteiger partial charge in [0.2, 0.25) is 15.9 Å². The predicted molar refractivity (Wildman–Crippen MR) is 72.6 cm³/mol. The number of nitrogens with two attached hydrogens (primary N) is 1. The van der Waals surface area contributed by atoms with Crippen LogP contribution >= 0.6 is 0 Å². The molecule has 1 atom stereocenters. The Morgan fingerprint density at radius 3 is 2.56 bits per heavy atom. The summed E-state index contributed by atoms with van der Waals surface area (Å²) >= 11 is 0. The van der Waals surface area contributed by atoms with Gasteiger partial charge in [-0.2, -0.15) is 0 Å². The molecule has 7 heteroatoms. The Labute approximate surface area is 110 Å². The van der Waals surface area contributed by atoms with E-state index in [4.69, 9.17) is 5.73 Å². The second kappa shape index (κ2) is 9.29. The minimum Gasteiger partial charge on any atom is -0.354 e. The zero-order chi connectivity index (χ0) is 14.0. The molecule has 0 aromatic rings. The van der Waals surface area contributed by atoms with Crippen molar-refractivity contribution in [2.75, 3.05) is 18.8 Å². The Morgan fingerprint density at radius 1 is 1.33 bits per heavy atom. The minimum atomic E-state index is -3.27. The quantitative estimate of drug-likeness (QED) is 0.488. The number of unbranched alkanes of at least 4 members (excludes halogenated alkanes) is 1. The summed E-state index contributed by atoms with van der Waals surface area (Å²) in [4.78, 5) is 11.4. The lowest BCUT2D eigenvalue weighted by Gasteiger charge is -2.11. The molecular weight excluding hydrogens is 254 g/mol. The van der Waals surface area contributed by atoms with Gasteiger partial charge in [0.25, 0.3) is 0 Å². The Bertz CT molecular complexity index is 330. The average Bonchev–Trinajstić information content (AvgIpc) is 2.28. The van der Waals surface area contributed by atoms with Gasteiger partial charge in [-0.1, -0.05) is 6.92 Å². The van der Waals surface area contributed by atoms with Gasteiger partial charge in [0.1, 0.15) is 0 Å². The van der Waals surface area contributed by atoms with Gasteiger partial charge in [-0.05, 0) is 32.7 Å². The van der Waals surface area contributed by atoms with Gasteiger partial charge < -0.3 is 11.1 Å². The van der Waals surface area contributed by atoms with Gasteiger partial charge in [0, 0.05) is 19.0 Å². The van der Waals surface area contributed by atoms with Crippen LogP contribution in [0.3, 0.4) is 0 Å². The summed E-state index contributed by atoms with van der Waals surface area (Å²) in [6.07, 6.45) is 2.26. The zero-order valence-corrected chi connectivity index (χ0v) is 12.1. The Kier molecular flexibility index (Phi) is 8.95. The molecule has 0 saturated heterocycles. The number of hydrogen-bond acceptors (Lipinski definition) is 4. The van der Waals surface area contributed by atoms with Crippen molar-refractivity contribution in [2.24, 2.45) is 5.73 Å². The van der Waals surface area contributed by atoms with E-state index in [-0.39, 0.29) is 30.7 Å². The number of rotatable bonds is 10. The van der Waals surface area contributed by atoms with Crippen LogP contribution < -0.4 is 15.8 Å². The van der Waals surface area contributed by atoms with E-state index in [0.717, 1.165) is 6.42 Å². The summed E-state index contributed by atoms with van der Waals surface area (Å²) in [6, 6.07) is 0.124. The molecule has 108 valence electrons. The van der Waals surface area contributed by atoms with Crippen LogP contribution in [-0.2, 0) is 14.8 Å². The molecule has 1 amide bonds. The molecule has 4 N–H and O–H groups in total. The molecule has 1 unspecified atom stereocenters. The highest BCUT2D eigenvalue weighted by molar-refractivity contribution is 7.89. The lowest BCUT2D eigenvalue weighted by atomic mass is 10.2. The zero-order valence-electron chi connectivity index (χ0n) is 11.2. The smallest absolute Gasteiger partial charge is 0.221 e. The number of amides is 1. The highest BCUT2D eigenvalue weighted by Crippen LogP contribution is 1.94. The first-order valence-electron chi connectivity index (χ1n) is 6.38. The van der Waals surface area contributed by atoms with Crippen molar-refractivity contribution < 1.29 is 13.2 Å². The Morgan fingerprint density at radius 2 is 2.00 bits per heavy atom. The fourth-order valence-electron chi connectivity index (χ4n) is 1.28. The third kappa shape index (κ3) is 9.38. The van der Waals surface area contributed by atoms with Crippen LogP contribution in [0.25, 0.3) is 0 Å². The van der Waals surface area contributed by atoms with Crippen LogP contribution in [0.5, 0.6) is 0 Å². The molecule has 0 aliphatic heterocycles. The maximum absolute atomic E-state index is 11.5. The first-order valence-corrected chi connectivity index (χ1v) is 8.03. The van der Waals surface area contributed by atoms with E-state index in [1.54, 1.807) is 0 Å². The van der Waals surface area contributed by atoms with E-state index in [0.29, 0.717) is 19.4 Å². The lowest BCUT2D eigenvalue weighted by molar-refractivity contribution is -0.121. The fraction of sp³-hybridized carbons (Fsp3) is 0.909. The van der Waals surface area contributed by atoms with Crippen molar-refractivity contribution in [3.8, 4) is 0 Å². The molecule has 0 fully saturated rings. The van der Waals surface area contributed by atoms with Crippen molar-refractivity contribution in [3.63, 3.8) is 0 Å². The maximum Gasteiger partial charge on any atom is 0.221 e. The number of carbonyl (C=O) groups excluding carboxylic acids is 1. The van der Waals surface area contributed by atoms with Gasteiger partial charge in [0.15, 0.2) is 0 Å². The summed E-state index contributed by atoms with van der Waals surface area (Å²) in [6.45, 7) is 4.53. The summed E-state index contributed by atoms with van der Waals surface area (Å²) in [7, 11) is -3.27. The number of nitrogens with one attached hydrogen (secondary N) is 2. The molecule has 0 aliphatic carbocycles. The van der Waals surface area contributed by atoms with Crippen LogP contribution in [0.2, 0.25) is 0 Å². The molecule has 18 heavy (non-hydrogen) atoms.